The highest BCUT2D eigenvalue weighted by atomic mass is 16.5. The number of carboxylic acid groups (broad SMARTS) is 1. The molecule has 2 N–H and O–H groups in total. The van der Waals surface area contributed by atoms with Gasteiger partial charge in [0.15, 0.2) is 0 Å². The van der Waals surface area contributed by atoms with Crippen LogP contribution in [0.1, 0.15) is 63.0 Å². The molecule has 0 saturated carbocycles. The molecule has 2 aliphatic heterocycles. The number of furan rings is 1. The summed E-state index contributed by atoms with van der Waals surface area (Å²) in [5.41, 5.74) is 0.0654. The first-order valence-electron chi connectivity index (χ1n) is 14.2. The second kappa shape index (κ2) is 13.0. The van der Waals surface area contributed by atoms with E-state index in [1.54, 1.807) is 12.5 Å². The Labute approximate surface area is 236 Å². The zero-order chi connectivity index (χ0) is 28.9. The van der Waals surface area contributed by atoms with E-state index in [1.807, 2.05) is 37.8 Å². The van der Waals surface area contributed by atoms with E-state index in [-0.39, 0.29) is 35.7 Å². The molecule has 0 aromatic carbocycles. The zero-order valence-corrected chi connectivity index (χ0v) is 24.4. The quantitative estimate of drug-likeness (QED) is 0.475. The predicted octanol–water partition coefficient (Wildman–Crippen LogP) is 3.78. The topological polar surface area (TPSA) is 124 Å². The van der Waals surface area contributed by atoms with Gasteiger partial charge in [0, 0.05) is 50.9 Å². The fourth-order valence-corrected chi connectivity index (χ4v) is 5.40. The first kappa shape index (κ1) is 29.8. The number of hydrogen-bond donors (Lipinski definition) is 2. The number of likely N-dealkylation sites (tertiary alicyclic amines) is 1. The van der Waals surface area contributed by atoms with Crippen LogP contribution in [0.5, 0.6) is 0 Å². The first-order chi connectivity index (χ1) is 19.0. The summed E-state index contributed by atoms with van der Waals surface area (Å²) >= 11 is 0. The van der Waals surface area contributed by atoms with Gasteiger partial charge in [0.25, 0.3) is 5.91 Å². The minimum Gasteiger partial charge on any atom is -0.467 e. The van der Waals surface area contributed by atoms with Crippen LogP contribution in [-0.4, -0.2) is 100 Å². The van der Waals surface area contributed by atoms with Gasteiger partial charge in [-0.1, -0.05) is 34.6 Å². The van der Waals surface area contributed by atoms with Crippen molar-refractivity contribution < 1.29 is 23.8 Å². The van der Waals surface area contributed by atoms with E-state index in [9.17, 15) is 14.7 Å². The van der Waals surface area contributed by atoms with Crippen molar-refractivity contribution in [3.63, 3.8) is 0 Å². The van der Waals surface area contributed by atoms with Gasteiger partial charge >= 0.3 is 6.09 Å². The molecule has 2 amide bonds. The normalized spacial score (nSPS) is 20.5. The fraction of sp³-hybridized carbons (Fsp3) is 0.655. The van der Waals surface area contributed by atoms with Gasteiger partial charge in [-0.15, -0.1) is 0 Å². The molecule has 2 saturated heterocycles. The molecule has 0 bridgehead atoms. The van der Waals surface area contributed by atoms with Crippen molar-refractivity contribution >= 4 is 17.8 Å². The molecule has 2 aromatic heterocycles. The molecule has 0 unspecified atom stereocenters. The molecule has 0 spiro atoms. The highest BCUT2D eigenvalue weighted by Crippen LogP contribution is 2.28. The molecular formula is C29H44N6O5. The first-order valence-corrected chi connectivity index (χ1v) is 14.2. The van der Waals surface area contributed by atoms with E-state index in [2.05, 4.69) is 29.0 Å². The van der Waals surface area contributed by atoms with Crippen LogP contribution in [0.4, 0.5) is 10.6 Å². The minimum atomic E-state index is -0.952. The molecule has 4 rings (SSSR count). The van der Waals surface area contributed by atoms with E-state index in [0.29, 0.717) is 50.1 Å². The van der Waals surface area contributed by atoms with Crippen molar-refractivity contribution in [2.24, 2.45) is 11.8 Å². The highest BCUT2D eigenvalue weighted by molar-refractivity contribution is 5.98. The number of piperidine rings is 1. The van der Waals surface area contributed by atoms with Crippen LogP contribution in [0.2, 0.25) is 0 Å². The minimum absolute atomic E-state index is 0.117. The maximum Gasteiger partial charge on any atom is 0.407 e. The maximum absolute atomic E-state index is 14.3. The van der Waals surface area contributed by atoms with Gasteiger partial charge in [-0.3, -0.25) is 9.69 Å². The Balaban J connectivity index is 1.63. The molecule has 40 heavy (non-hydrogen) atoms. The monoisotopic (exact) mass is 556 g/mol. The number of carbonyl (C=O) groups excluding carboxylic acids is 1. The maximum atomic E-state index is 14.3. The number of ether oxygens (including phenoxy) is 1. The summed E-state index contributed by atoms with van der Waals surface area (Å²) < 4.78 is 11.0. The van der Waals surface area contributed by atoms with Gasteiger partial charge in [-0.05, 0) is 30.4 Å². The van der Waals surface area contributed by atoms with Crippen LogP contribution in [0.15, 0.2) is 29.0 Å². The number of nitrogens with one attached hydrogen (secondary N) is 1. The van der Waals surface area contributed by atoms with E-state index in [4.69, 9.17) is 14.1 Å². The Morgan fingerprint density at radius 2 is 1.98 bits per heavy atom. The molecular weight excluding hydrogens is 512 g/mol. The molecule has 4 heterocycles. The standard InChI is InChI=1S/C29H44N6O5/c1-20(2)16-35(22-13-21(18-34(19-22)28(37)38)17-33-8-11-39-12-9-33)26(36)24-15-31-27(29(3,4)5)32-25(24)30-14-23-7-6-10-40-23/h6-7,10,15,20-22H,8-9,11-14,16-19H2,1-5H3,(H,37,38)(H,30,31,32)/t21-,22+/m1/s1. The van der Waals surface area contributed by atoms with Crippen molar-refractivity contribution in [3.05, 3.63) is 41.7 Å². The van der Waals surface area contributed by atoms with Gasteiger partial charge in [0.1, 0.15) is 23.0 Å². The lowest BCUT2D eigenvalue weighted by Gasteiger charge is -2.44. The van der Waals surface area contributed by atoms with Gasteiger partial charge in [0.2, 0.25) is 0 Å². The SMILES string of the molecule is CC(C)CN(C(=O)c1cnc(C(C)(C)C)nc1NCc1ccco1)[C@H]1C[C@H](CN2CCOCC2)CN(C(=O)O)C1. The number of carbonyl (C=O) groups is 2. The Morgan fingerprint density at radius 1 is 1.23 bits per heavy atom. The van der Waals surface area contributed by atoms with Crippen LogP contribution in [0, 0.1) is 11.8 Å². The van der Waals surface area contributed by atoms with Gasteiger partial charge in [0.05, 0.1) is 32.1 Å². The zero-order valence-electron chi connectivity index (χ0n) is 24.4. The fourth-order valence-electron chi connectivity index (χ4n) is 5.40. The number of morpholine rings is 1. The van der Waals surface area contributed by atoms with Gasteiger partial charge < -0.3 is 29.4 Å². The molecule has 2 fully saturated rings. The number of aromatic nitrogens is 2. The van der Waals surface area contributed by atoms with Crippen molar-refractivity contribution in [2.45, 2.75) is 59.0 Å². The summed E-state index contributed by atoms with van der Waals surface area (Å²) in [4.78, 5) is 41.4. The molecule has 11 nitrogen and oxygen atoms in total. The smallest absolute Gasteiger partial charge is 0.407 e. The molecule has 0 aliphatic carbocycles. The van der Waals surface area contributed by atoms with Crippen LogP contribution < -0.4 is 5.32 Å². The lowest BCUT2D eigenvalue weighted by atomic mass is 9.91. The largest absolute Gasteiger partial charge is 0.467 e. The predicted molar refractivity (Wildman–Crippen MR) is 151 cm³/mol. The van der Waals surface area contributed by atoms with Crippen LogP contribution in [0.25, 0.3) is 0 Å². The van der Waals surface area contributed by atoms with E-state index in [1.165, 1.54) is 4.90 Å². The van der Waals surface area contributed by atoms with Crippen LogP contribution in [-0.2, 0) is 16.7 Å². The molecule has 2 atom stereocenters. The summed E-state index contributed by atoms with van der Waals surface area (Å²) in [5.74, 6) is 1.91. The van der Waals surface area contributed by atoms with E-state index >= 15 is 0 Å². The number of amides is 2. The Morgan fingerprint density at radius 3 is 2.60 bits per heavy atom. The summed E-state index contributed by atoms with van der Waals surface area (Å²) in [7, 11) is 0. The Kier molecular flexibility index (Phi) is 9.68. The van der Waals surface area contributed by atoms with Crippen LogP contribution in [0.3, 0.4) is 0 Å². The van der Waals surface area contributed by atoms with E-state index in [0.717, 1.165) is 31.8 Å². The highest BCUT2D eigenvalue weighted by Gasteiger charge is 2.37. The number of hydrogen-bond acceptors (Lipinski definition) is 8. The second-order valence-electron chi connectivity index (χ2n) is 12.3. The Bertz CT molecular complexity index is 1130. The van der Waals surface area contributed by atoms with Crippen LogP contribution >= 0.6 is 0 Å². The summed E-state index contributed by atoms with van der Waals surface area (Å²) in [6.07, 6.45) is 3.00. The average molecular weight is 557 g/mol. The third kappa shape index (κ3) is 7.72. The lowest BCUT2D eigenvalue weighted by Crippen LogP contribution is -2.56. The summed E-state index contributed by atoms with van der Waals surface area (Å²) in [6.45, 7) is 15.7. The molecule has 11 heteroatoms. The molecule has 2 aliphatic rings. The molecule has 220 valence electrons. The number of rotatable bonds is 9. The number of anilines is 1. The van der Waals surface area contributed by atoms with Crippen molar-refractivity contribution in [3.8, 4) is 0 Å². The Hall–Kier alpha value is -3.18. The third-order valence-electron chi connectivity index (χ3n) is 7.37. The average Bonchev–Trinajstić information content (AvgIpc) is 3.43. The second-order valence-corrected chi connectivity index (χ2v) is 12.3. The van der Waals surface area contributed by atoms with E-state index < -0.39 is 6.09 Å². The summed E-state index contributed by atoms with van der Waals surface area (Å²) in [6, 6.07) is 3.42. The number of nitrogens with zero attached hydrogens (tertiary/aromatic N) is 5. The molecule has 0 radical (unpaired) electrons. The van der Waals surface area contributed by atoms with Gasteiger partial charge in [-0.25, -0.2) is 14.8 Å². The van der Waals surface area contributed by atoms with Crippen molar-refractivity contribution in [1.82, 2.24) is 24.7 Å². The lowest BCUT2D eigenvalue weighted by molar-refractivity contribution is 0.0103. The van der Waals surface area contributed by atoms with Crippen molar-refractivity contribution in [2.75, 3.05) is 57.8 Å². The third-order valence-corrected chi connectivity index (χ3v) is 7.37. The van der Waals surface area contributed by atoms with Crippen molar-refractivity contribution in [1.29, 1.82) is 0 Å². The van der Waals surface area contributed by atoms with Gasteiger partial charge in [-0.2, -0.15) is 0 Å². The summed E-state index contributed by atoms with van der Waals surface area (Å²) in [5, 5.41) is 13.3. The molecule has 2 aromatic rings.